The first kappa shape index (κ1) is 17.0. The van der Waals surface area contributed by atoms with E-state index in [1.807, 2.05) is 6.92 Å². The Kier molecular flexibility index (Phi) is 4.71. The van der Waals surface area contributed by atoms with Gasteiger partial charge >= 0.3 is 0 Å². The van der Waals surface area contributed by atoms with Crippen molar-refractivity contribution in [3.8, 4) is 11.3 Å². The van der Waals surface area contributed by atoms with Crippen molar-refractivity contribution in [1.29, 1.82) is 0 Å². The maximum atomic E-state index is 13.1. The van der Waals surface area contributed by atoms with E-state index in [0.29, 0.717) is 16.4 Å². The lowest BCUT2D eigenvalue weighted by atomic mass is 10.1. The summed E-state index contributed by atoms with van der Waals surface area (Å²) in [5.41, 5.74) is 0.728. The zero-order valence-electron chi connectivity index (χ0n) is 13.6. The lowest BCUT2D eigenvalue weighted by Crippen LogP contribution is -2.33. The fraction of sp³-hybridized carbons (Fsp3) is 0.176. The van der Waals surface area contributed by atoms with Crippen LogP contribution in [0.2, 0.25) is 0 Å². The molecule has 1 amide bonds. The predicted octanol–water partition coefficient (Wildman–Crippen LogP) is 3.01. The summed E-state index contributed by atoms with van der Waals surface area (Å²) in [6.07, 6.45) is 1.66. The largest absolute Gasteiger partial charge is 0.300 e. The Balaban J connectivity index is 1.87. The van der Waals surface area contributed by atoms with Crippen molar-refractivity contribution in [2.75, 3.05) is 5.32 Å². The lowest BCUT2D eigenvalue weighted by molar-refractivity contribution is -0.119. The molecule has 3 aromatic rings. The molecule has 0 aliphatic rings. The third-order valence-corrected chi connectivity index (χ3v) is 4.39. The Morgan fingerprint density at radius 3 is 2.60 bits per heavy atom. The molecule has 0 spiro atoms. The number of aromatic nitrogens is 3. The zero-order valence-corrected chi connectivity index (χ0v) is 14.4. The molecule has 0 bridgehead atoms. The number of halogens is 1. The van der Waals surface area contributed by atoms with E-state index in [9.17, 15) is 14.0 Å². The van der Waals surface area contributed by atoms with Gasteiger partial charge in [-0.15, -0.1) is 11.3 Å². The van der Waals surface area contributed by atoms with Gasteiger partial charge in [0.1, 0.15) is 11.9 Å². The number of nitrogens with zero attached hydrogens (tertiary/aromatic N) is 3. The standard InChI is InChI=1S/C17H15FN4O2S/c1-10-9-19-17(25-10)20-16(24)11(2)22-15(23)8-7-14(21-22)12-3-5-13(18)6-4-12/h3-9,11H,1-2H3,(H,19,20,24)/t11-/m0/s1. The van der Waals surface area contributed by atoms with Crippen LogP contribution in [-0.2, 0) is 4.79 Å². The van der Waals surface area contributed by atoms with Gasteiger partial charge in [0.25, 0.3) is 11.5 Å². The number of hydrogen-bond donors (Lipinski definition) is 1. The van der Waals surface area contributed by atoms with Gasteiger partial charge in [0.2, 0.25) is 0 Å². The molecule has 1 N–H and O–H groups in total. The van der Waals surface area contributed by atoms with E-state index in [0.717, 1.165) is 9.56 Å². The van der Waals surface area contributed by atoms with E-state index >= 15 is 0 Å². The third kappa shape index (κ3) is 3.80. The molecule has 1 aromatic carbocycles. The number of carbonyl (C=O) groups is 1. The molecule has 2 aromatic heterocycles. The molecule has 128 valence electrons. The van der Waals surface area contributed by atoms with Crippen LogP contribution in [0.3, 0.4) is 0 Å². The minimum atomic E-state index is -0.822. The highest BCUT2D eigenvalue weighted by Crippen LogP contribution is 2.19. The number of thiazole rings is 1. The fourth-order valence-electron chi connectivity index (χ4n) is 2.21. The van der Waals surface area contributed by atoms with Crippen molar-refractivity contribution in [1.82, 2.24) is 14.8 Å². The Morgan fingerprint density at radius 1 is 1.24 bits per heavy atom. The summed E-state index contributed by atoms with van der Waals surface area (Å²) in [6, 6.07) is 7.81. The average Bonchev–Trinajstić information content (AvgIpc) is 3.00. The number of carbonyl (C=O) groups excluding carboxylic acids is 1. The molecule has 0 radical (unpaired) electrons. The van der Waals surface area contributed by atoms with E-state index in [1.165, 1.54) is 29.5 Å². The van der Waals surface area contributed by atoms with Gasteiger partial charge in [0.15, 0.2) is 5.13 Å². The van der Waals surface area contributed by atoms with Gasteiger partial charge in [-0.2, -0.15) is 5.10 Å². The van der Waals surface area contributed by atoms with Gasteiger partial charge in [-0.05, 0) is 44.2 Å². The van der Waals surface area contributed by atoms with Crippen LogP contribution in [0.1, 0.15) is 17.8 Å². The van der Waals surface area contributed by atoms with Crippen molar-refractivity contribution in [3.63, 3.8) is 0 Å². The van der Waals surface area contributed by atoms with Gasteiger partial charge in [0, 0.05) is 22.7 Å². The SMILES string of the molecule is Cc1cnc(NC(=O)[C@H](C)n2nc(-c3ccc(F)cc3)ccc2=O)s1. The van der Waals surface area contributed by atoms with Crippen LogP contribution in [0.4, 0.5) is 9.52 Å². The van der Waals surface area contributed by atoms with Gasteiger partial charge in [-0.25, -0.2) is 14.1 Å². The molecule has 25 heavy (non-hydrogen) atoms. The van der Waals surface area contributed by atoms with Gasteiger partial charge < -0.3 is 5.32 Å². The molecule has 1 atom stereocenters. The second kappa shape index (κ2) is 6.94. The number of amides is 1. The first-order valence-electron chi connectivity index (χ1n) is 7.53. The van der Waals surface area contributed by atoms with Crippen LogP contribution in [-0.4, -0.2) is 20.7 Å². The molecule has 0 saturated heterocycles. The molecule has 0 fully saturated rings. The summed E-state index contributed by atoms with van der Waals surface area (Å²) in [5.74, 6) is -0.747. The number of nitrogens with one attached hydrogen (secondary N) is 1. The molecule has 0 unspecified atom stereocenters. The van der Waals surface area contributed by atoms with Crippen LogP contribution in [0.25, 0.3) is 11.3 Å². The second-order valence-corrected chi connectivity index (χ2v) is 6.68. The summed E-state index contributed by atoms with van der Waals surface area (Å²) < 4.78 is 14.2. The zero-order chi connectivity index (χ0) is 18.0. The van der Waals surface area contributed by atoms with Gasteiger partial charge in [-0.1, -0.05) is 0 Å². The highest BCUT2D eigenvalue weighted by molar-refractivity contribution is 7.15. The Labute approximate surface area is 147 Å². The first-order valence-corrected chi connectivity index (χ1v) is 8.35. The van der Waals surface area contributed by atoms with Crippen LogP contribution in [0, 0.1) is 12.7 Å². The van der Waals surface area contributed by atoms with Gasteiger partial charge in [-0.3, -0.25) is 9.59 Å². The van der Waals surface area contributed by atoms with Crippen molar-refractivity contribution in [3.05, 3.63) is 63.6 Å². The van der Waals surface area contributed by atoms with Crippen LogP contribution in [0.5, 0.6) is 0 Å². The monoisotopic (exact) mass is 358 g/mol. The number of aryl methyl sites for hydroxylation is 1. The van der Waals surface area contributed by atoms with E-state index in [1.54, 1.807) is 31.3 Å². The van der Waals surface area contributed by atoms with E-state index < -0.39 is 11.6 Å². The Morgan fingerprint density at radius 2 is 1.96 bits per heavy atom. The average molecular weight is 358 g/mol. The fourth-order valence-corrected chi connectivity index (χ4v) is 2.88. The number of hydrogen-bond acceptors (Lipinski definition) is 5. The number of rotatable bonds is 4. The van der Waals surface area contributed by atoms with Crippen molar-refractivity contribution in [2.45, 2.75) is 19.9 Å². The minimum absolute atomic E-state index is 0.358. The highest BCUT2D eigenvalue weighted by Gasteiger charge is 2.19. The second-order valence-electron chi connectivity index (χ2n) is 5.45. The molecular formula is C17H15FN4O2S. The number of benzene rings is 1. The molecule has 0 aliphatic heterocycles. The van der Waals surface area contributed by atoms with Crippen LogP contribution < -0.4 is 10.9 Å². The lowest BCUT2D eigenvalue weighted by Gasteiger charge is -2.14. The van der Waals surface area contributed by atoms with Crippen LogP contribution in [0.15, 0.2) is 47.4 Å². The highest BCUT2D eigenvalue weighted by atomic mass is 32.1. The van der Waals surface area contributed by atoms with E-state index in [-0.39, 0.29) is 11.7 Å². The topological polar surface area (TPSA) is 76.9 Å². The summed E-state index contributed by atoms with van der Waals surface area (Å²) in [6.45, 7) is 3.47. The molecule has 0 aliphatic carbocycles. The normalized spacial score (nSPS) is 12.0. The smallest absolute Gasteiger partial charge is 0.267 e. The quantitative estimate of drug-likeness (QED) is 0.778. The van der Waals surface area contributed by atoms with Gasteiger partial charge in [0.05, 0.1) is 5.69 Å². The maximum absolute atomic E-state index is 13.1. The Bertz CT molecular complexity index is 965. The first-order chi connectivity index (χ1) is 11.9. The maximum Gasteiger partial charge on any atom is 0.267 e. The molecule has 6 nitrogen and oxygen atoms in total. The molecular weight excluding hydrogens is 343 g/mol. The van der Waals surface area contributed by atoms with Crippen molar-refractivity contribution < 1.29 is 9.18 Å². The van der Waals surface area contributed by atoms with Crippen LogP contribution >= 0.6 is 11.3 Å². The molecule has 0 saturated carbocycles. The van der Waals surface area contributed by atoms with Crippen molar-refractivity contribution in [2.24, 2.45) is 0 Å². The van der Waals surface area contributed by atoms with E-state index in [4.69, 9.17) is 0 Å². The Hall–Kier alpha value is -2.87. The molecule has 3 rings (SSSR count). The summed E-state index contributed by atoms with van der Waals surface area (Å²) in [4.78, 5) is 29.5. The third-order valence-electron chi connectivity index (χ3n) is 3.56. The summed E-state index contributed by atoms with van der Waals surface area (Å²) in [5, 5.41) is 7.39. The number of anilines is 1. The van der Waals surface area contributed by atoms with Crippen molar-refractivity contribution >= 4 is 22.4 Å². The summed E-state index contributed by atoms with van der Waals surface area (Å²) >= 11 is 1.35. The molecule has 2 heterocycles. The summed E-state index contributed by atoms with van der Waals surface area (Å²) in [7, 11) is 0. The predicted molar refractivity (Wildman–Crippen MR) is 94.1 cm³/mol. The molecule has 8 heteroatoms. The van der Waals surface area contributed by atoms with E-state index in [2.05, 4.69) is 15.4 Å². The minimum Gasteiger partial charge on any atom is -0.300 e.